The lowest BCUT2D eigenvalue weighted by molar-refractivity contribution is 0.0735. The lowest BCUT2D eigenvalue weighted by Crippen LogP contribution is -2.46. The summed E-state index contributed by atoms with van der Waals surface area (Å²) in [5, 5.41) is 7.78. The fraction of sp³-hybridized carbons (Fsp3) is 0.455. The summed E-state index contributed by atoms with van der Waals surface area (Å²) < 4.78 is 1.62. The van der Waals surface area contributed by atoms with Gasteiger partial charge in [-0.15, -0.1) is 0 Å². The summed E-state index contributed by atoms with van der Waals surface area (Å²) in [7, 11) is 0. The zero-order valence-electron chi connectivity index (χ0n) is 9.53. The van der Waals surface area contributed by atoms with Gasteiger partial charge < -0.3 is 10.2 Å². The van der Waals surface area contributed by atoms with E-state index in [-0.39, 0.29) is 5.91 Å². The van der Waals surface area contributed by atoms with Gasteiger partial charge in [0.2, 0.25) is 0 Å². The van der Waals surface area contributed by atoms with Crippen molar-refractivity contribution in [3.05, 3.63) is 29.6 Å². The summed E-state index contributed by atoms with van der Waals surface area (Å²) in [4.78, 5) is 13.9. The van der Waals surface area contributed by atoms with E-state index in [2.05, 4.69) is 17.0 Å². The van der Waals surface area contributed by atoms with Crippen molar-refractivity contribution in [2.24, 2.45) is 0 Å². The molecule has 0 atom stereocenters. The van der Waals surface area contributed by atoms with Gasteiger partial charge in [0, 0.05) is 37.4 Å². The van der Waals surface area contributed by atoms with Crippen LogP contribution in [0.2, 0.25) is 0 Å². The summed E-state index contributed by atoms with van der Waals surface area (Å²) in [5.74, 6) is 0.0259. The number of nitrogens with zero attached hydrogens (tertiary/aromatic N) is 3. The molecule has 17 heavy (non-hydrogen) atoms. The maximum absolute atomic E-state index is 12.1. The van der Waals surface area contributed by atoms with Gasteiger partial charge in [0.15, 0.2) is 0 Å². The van der Waals surface area contributed by atoms with Gasteiger partial charge in [0.25, 0.3) is 5.91 Å². The highest BCUT2D eigenvalue weighted by atomic mass is 35.5. The van der Waals surface area contributed by atoms with Crippen LogP contribution in [0.1, 0.15) is 10.4 Å². The number of hydrogen-bond acceptors (Lipinski definition) is 3. The van der Waals surface area contributed by atoms with E-state index in [9.17, 15) is 4.79 Å². The smallest absolute Gasteiger partial charge is 0.257 e. The summed E-state index contributed by atoms with van der Waals surface area (Å²) in [6.45, 7) is 7.20. The van der Waals surface area contributed by atoms with Crippen molar-refractivity contribution in [3.63, 3.8) is 0 Å². The minimum absolute atomic E-state index is 0.0259. The van der Waals surface area contributed by atoms with Gasteiger partial charge in [-0.1, -0.05) is 18.2 Å². The van der Waals surface area contributed by atoms with Gasteiger partial charge >= 0.3 is 0 Å². The molecule has 1 saturated heterocycles. The third kappa shape index (κ3) is 3.08. The third-order valence-corrected chi connectivity index (χ3v) is 2.74. The SMILES string of the molecule is C=C(Cl)Cn1cc(C(=O)N2CCNCC2)cn1. The summed E-state index contributed by atoms with van der Waals surface area (Å²) >= 11 is 5.69. The van der Waals surface area contributed by atoms with Gasteiger partial charge in [-0.3, -0.25) is 9.48 Å². The van der Waals surface area contributed by atoms with E-state index in [1.54, 1.807) is 17.1 Å². The van der Waals surface area contributed by atoms with E-state index in [1.807, 2.05) is 4.90 Å². The average molecular weight is 255 g/mol. The predicted octanol–water partition coefficient (Wildman–Crippen LogP) is 0.681. The zero-order chi connectivity index (χ0) is 12.3. The van der Waals surface area contributed by atoms with Crippen molar-refractivity contribution in [1.29, 1.82) is 0 Å². The summed E-state index contributed by atoms with van der Waals surface area (Å²) in [5.41, 5.74) is 0.602. The second-order valence-electron chi connectivity index (χ2n) is 3.99. The normalized spacial score (nSPS) is 15.9. The molecule has 0 aromatic carbocycles. The molecular weight excluding hydrogens is 240 g/mol. The van der Waals surface area contributed by atoms with E-state index in [1.165, 1.54) is 0 Å². The number of allylic oxidation sites excluding steroid dienone is 1. The van der Waals surface area contributed by atoms with Crippen LogP contribution in [0.4, 0.5) is 0 Å². The van der Waals surface area contributed by atoms with Crippen LogP contribution in [-0.2, 0) is 6.54 Å². The summed E-state index contributed by atoms with van der Waals surface area (Å²) in [6, 6.07) is 0. The Labute approximate surface area is 105 Å². The molecule has 1 aromatic heterocycles. The van der Waals surface area contributed by atoms with Crippen LogP contribution >= 0.6 is 11.6 Å². The van der Waals surface area contributed by atoms with E-state index < -0.39 is 0 Å². The molecule has 5 nitrogen and oxygen atoms in total. The number of rotatable bonds is 3. The number of carbonyl (C=O) groups is 1. The average Bonchev–Trinajstić information content (AvgIpc) is 2.77. The minimum atomic E-state index is 0.0259. The maximum Gasteiger partial charge on any atom is 0.257 e. The van der Waals surface area contributed by atoms with Crippen molar-refractivity contribution in [2.45, 2.75) is 6.54 Å². The highest BCUT2D eigenvalue weighted by Crippen LogP contribution is 2.07. The van der Waals surface area contributed by atoms with Gasteiger partial charge in [0.1, 0.15) is 0 Å². The first-order chi connectivity index (χ1) is 8.16. The van der Waals surface area contributed by atoms with Crippen LogP contribution < -0.4 is 5.32 Å². The lowest BCUT2D eigenvalue weighted by atomic mass is 10.2. The Balaban J connectivity index is 2.03. The molecule has 6 heteroatoms. The maximum atomic E-state index is 12.1. The number of nitrogens with one attached hydrogen (secondary N) is 1. The topological polar surface area (TPSA) is 50.2 Å². The van der Waals surface area contributed by atoms with Gasteiger partial charge in [-0.2, -0.15) is 5.10 Å². The highest BCUT2D eigenvalue weighted by Gasteiger charge is 2.19. The molecule has 0 aliphatic carbocycles. The molecule has 0 saturated carbocycles. The molecule has 2 heterocycles. The van der Waals surface area contributed by atoms with Crippen LogP contribution in [-0.4, -0.2) is 46.8 Å². The Hall–Kier alpha value is -1.33. The minimum Gasteiger partial charge on any atom is -0.336 e. The van der Waals surface area contributed by atoms with E-state index in [0.717, 1.165) is 26.2 Å². The third-order valence-electron chi connectivity index (χ3n) is 2.62. The largest absolute Gasteiger partial charge is 0.336 e. The quantitative estimate of drug-likeness (QED) is 0.863. The molecule has 1 N–H and O–H groups in total. The first kappa shape index (κ1) is 12.1. The number of hydrogen-bond donors (Lipinski definition) is 1. The molecule has 0 bridgehead atoms. The number of carbonyl (C=O) groups excluding carboxylic acids is 1. The molecule has 2 rings (SSSR count). The molecule has 1 aliphatic heterocycles. The monoisotopic (exact) mass is 254 g/mol. The van der Waals surface area contributed by atoms with Crippen LogP contribution in [0.25, 0.3) is 0 Å². The lowest BCUT2D eigenvalue weighted by Gasteiger charge is -2.26. The van der Waals surface area contributed by atoms with Gasteiger partial charge in [-0.25, -0.2) is 0 Å². The fourth-order valence-electron chi connectivity index (χ4n) is 1.79. The molecule has 1 fully saturated rings. The Kier molecular flexibility index (Phi) is 3.81. The van der Waals surface area contributed by atoms with Crippen molar-refractivity contribution in [2.75, 3.05) is 26.2 Å². The zero-order valence-corrected chi connectivity index (χ0v) is 10.3. The van der Waals surface area contributed by atoms with Crippen molar-refractivity contribution in [1.82, 2.24) is 20.0 Å². The molecular formula is C11H15ClN4O. The van der Waals surface area contributed by atoms with Gasteiger partial charge in [-0.05, 0) is 0 Å². The molecule has 1 aliphatic rings. The first-order valence-corrected chi connectivity index (χ1v) is 5.90. The molecule has 1 aromatic rings. The highest BCUT2D eigenvalue weighted by molar-refractivity contribution is 6.29. The van der Waals surface area contributed by atoms with Crippen LogP contribution in [0.15, 0.2) is 24.0 Å². The van der Waals surface area contributed by atoms with E-state index in [0.29, 0.717) is 17.1 Å². The summed E-state index contributed by atoms with van der Waals surface area (Å²) in [6.07, 6.45) is 3.28. The number of piperazine rings is 1. The standard InChI is InChI=1S/C11H15ClN4O/c1-9(12)7-16-8-10(6-14-16)11(17)15-4-2-13-3-5-15/h6,8,13H,1-5,7H2. The Morgan fingerprint density at radius 2 is 2.24 bits per heavy atom. The number of halogens is 1. The van der Waals surface area contributed by atoms with Gasteiger partial charge in [0.05, 0.1) is 18.3 Å². The van der Waals surface area contributed by atoms with Crippen molar-refractivity contribution >= 4 is 17.5 Å². The molecule has 0 unspecified atom stereocenters. The Bertz CT molecular complexity index is 423. The number of aromatic nitrogens is 2. The first-order valence-electron chi connectivity index (χ1n) is 5.52. The molecule has 0 radical (unpaired) electrons. The molecule has 0 spiro atoms. The Morgan fingerprint density at radius 3 is 2.88 bits per heavy atom. The van der Waals surface area contributed by atoms with Crippen LogP contribution in [0.3, 0.4) is 0 Å². The van der Waals surface area contributed by atoms with Crippen molar-refractivity contribution < 1.29 is 4.79 Å². The second-order valence-corrected chi connectivity index (χ2v) is 4.52. The predicted molar refractivity (Wildman–Crippen MR) is 66.0 cm³/mol. The Morgan fingerprint density at radius 1 is 1.53 bits per heavy atom. The van der Waals surface area contributed by atoms with Crippen molar-refractivity contribution in [3.8, 4) is 0 Å². The molecule has 92 valence electrons. The second kappa shape index (κ2) is 5.33. The van der Waals surface area contributed by atoms with Crippen LogP contribution in [0, 0.1) is 0 Å². The van der Waals surface area contributed by atoms with E-state index >= 15 is 0 Å². The fourth-order valence-corrected chi connectivity index (χ4v) is 1.91. The molecule has 1 amide bonds. The van der Waals surface area contributed by atoms with Crippen LogP contribution in [0.5, 0.6) is 0 Å². The van der Waals surface area contributed by atoms with E-state index in [4.69, 9.17) is 11.6 Å². The number of amides is 1.